The molecule has 2 atom stereocenters. The van der Waals surface area contributed by atoms with Crippen LogP contribution in [0.5, 0.6) is 11.6 Å². The lowest BCUT2D eigenvalue weighted by atomic mass is 10.3. The Bertz CT molecular complexity index is 939. The highest BCUT2D eigenvalue weighted by Crippen LogP contribution is 2.39. The highest BCUT2D eigenvalue weighted by molar-refractivity contribution is 5.94. The van der Waals surface area contributed by atoms with E-state index in [0.29, 0.717) is 23.9 Å². The lowest BCUT2D eigenvalue weighted by molar-refractivity contribution is -0.117. The minimum Gasteiger partial charge on any atom is -0.490 e. The summed E-state index contributed by atoms with van der Waals surface area (Å²) in [4.78, 5) is 24.7. The molecule has 7 heteroatoms. The van der Waals surface area contributed by atoms with Gasteiger partial charge in [-0.15, -0.1) is 0 Å². The van der Waals surface area contributed by atoms with Crippen molar-refractivity contribution in [1.29, 1.82) is 0 Å². The number of hydrogen-bond donors (Lipinski definition) is 1. The van der Waals surface area contributed by atoms with Crippen LogP contribution in [-0.2, 0) is 4.79 Å². The van der Waals surface area contributed by atoms with Crippen LogP contribution in [0.2, 0.25) is 0 Å². The standard InChI is InChI=1S/C17H20N4O3.C6H6/c1-10-15(8-19-11(2)20-10)24-9-12-6-14(12)17(22)21-13-4-5-18-16(7-13)23-3;1-2-4-6-5-3-1/h4-5,7-8,12,14H,6,9H2,1-3H3,(H,18,21,22);1-6H. The van der Waals surface area contributed by atoms with E-state index in [4.69, 9.17) is 9.47 Å². The van der Waals surface area contributed by atoms with Crippen molar-refractivity contribution in [2.45, 2.75) is 20.3 Å². The number of anilines is 1. The number of nitrogens with zero attached hydrogens (tertiary/aromatic N) is 3. The zero-order valence-corrected chi connectivity index (χ0v) is 17.4. The third kappa shape index (κ3) is 6.27. The lowest BCUT2D eigenvalue weighted by Crippen LogP contribution is -2.16. The molecule has 1 aromatic carbocycles. The molecule has 1 N–H and O–H groups in total. The van der Waals surface area contributed by atoms with Crippen molar-refractivity contribution < 1.29 is 14.3 Å². The molecule has 2 unspecified atom stereocenters. The first-order chi connectivity index (χ1) is 14.6. The van der Waals surface area contributed by atoms with Gasteiger partial charge in [0.15, 0.2) is 5.75 Å². The van der Waals surface area contributed by atoms with Crippen LogP contribution in [0.25, 0.3) is 0 Å². The van der Waals surface area contributed by atoms with Crippen molar-refractivity contribution >= 4 is 11.6 Å². The van der Waals surface area contributed by atoms with E-state index in [-0.39, 0.29) is 17.7 Å². The summed E-state index contributed by atoms with van der Waals surface area (Å²) in [5.41, 5.74) is 1.49. The summed E-state index contributed by atoms with van der Waals surface area (Å²) in [7, 11) is 1.54. The molecular weight excluding hydrogens is 380 g/mol. The molecule has 7 nitrogen and oxygen atoms in total. The second kappa shape index (κ2) is 10.3. The fourth-order valence-corrected chi connectivity index (χ4v) is 2.88. The maximum atomic E-state index is 12.3. The Morgan fingerprint density at radius 2 is 1.83 bits per heavy atom. The van der Waals surface area contributed by atoms with Gasteiger partial charge in [0.05, 0.1) is 25.6 Å². The fraction of sp³-hybridized carbons (Fsp3) is 0.304. The molecule has 0 bridgehead atoms. The van der Waals surface area contributed by atoms with Gasteiger partial charge in [-0.2, -0.15) is 0 Å². The molecule has 4 rings (SSSR count). The van der Waals surface area contributed by atoms with Crippen molar-refractivity contribution in [2.75, 3.05) is 19.0 Å². The molecule has 1 amide bonds. The summed E-state index contributed by atoms with van der Waals surface area (Å²) in [5.74, 6) is 2.04. The van der Waals surface area contributed by atoms with Gasteiger partial charge in [0.25, 0.3) is 0 Å². The monoisotopic (exact) mass is 406 g/mol. The largest absolute Gasteiger partial charge is 0.490 e. The van der Waals surface area contributed by atoms with E-state index in [9.17, 15) is 4.79 Å². The summed E-state index contributed by atoms with van der Waals surface area (Å²) in [5, 5.41) is 2.89. The minimum atomic E-state index is -0.0316. The van der Waals surface area contributed by atoms with Crippen molar-refractivity contribution in [3.05, 3.63) is 72.4 Å². The fourth-order valence-electron chi connectivity index (χ4n) is 2.88. The number of carbonyl (C=O) groups excluding carboxylic acids is 1. The Hall–Kier alpha value is -3.48. The molecule has 0 saturated heterocycles. The van der Waals surface area contributed by atoms with Gasteiger partial charge in [0.2, 0.25) is 11.8 Å². The molecular formula is C23H26N4O3. The number of pyridine rings is 1. The van der Waals surface area contributed by atoms with Gasteiger partial charge in [-0.3, -0.25) is 4.79 Å². The molecule has 30 heavy (non-hydrogen) atoms. The highest BCUT2D eigenvalue weighted by atomic mass is 16.5. The summed E-state index contributed by atoms with van der Waals surface area (Å²) in [6.45, 7) is 4.22. The predicted octanol–water partition coefficient (Wildman–Crippen LogP) is 3.84. The van der Waals surface area contributed by atoms with Crippen LogP contribution in [0.3, 0.4) is 0 Å². The number of rotatable bonds is 6. The molecule has 2 heterocycles. The highest BCUT2D eigenvalue weighted by Gasteiger charge is 2.43. The van der Waals surface area contributed by atoms with E-state index >= 15 is 0 Å². The van der Waals surface area contributed by atoms with Gasteiger partial charge in [-0.05, 0) is 26.3 Å². The van der Waals surface area contributed by atoms with Gasteiger partial charge in [0.1, 0.15) is 5.82 Å². The number of aromatic nitrogens is 3. The van der Waals surface area contributed by atoms with Gasteiger partial charge in [-0.25, -0.2) is 15.0 Å². The number of nitrogens with one attached hydrogen (secondary N) is 1. The molecule has 1 fully saturated rings. The van der Waals surface area contributed by atoms with Crippen LogP contribution in [0.1, 0.15) is 17.9 Å². The summed E-state index contributed by atoms with van der Waals surface area (Å²) < 4.78 is 10.8. The molecule has 156 valence electrons. The van der Waals surface area contributed by atoms with Gasteiger partial charge < -0.3 is 14.8 Å². The average Bonchev–Trinajstić information content (AvgIpc) is 3.55. The van der Waals surface area contributed by atoms with E-state index in [1.54, 1.807) is 31.6 Å². The smallest absolute Gasteiger partial charge is 0.227 e. The Morgan fingerprint density at radius 3 is 2.47 bits per heavy atom. The average molecular weight is 406 g/mol. The Morgan fingerprint density at radius 1 is 1.13 bits per heavy atom. The van der Waals surface area contributed by atoms with E-state index in [1.165, 1.54) is 0 Å². The second-order valence-electron chi connectivity index (χ2n) is 7.01. The first kappa shape index (κ1) is 21.2. The van der Waals surface area contributed by atoms with Crippen LogP contribution in [0, 0.1) is 25.7 Å². The van der Waals surface area contributed by atoms with Crippen molar-refractivity contribution in [3.63, 3.8) is 0 Å². The van der Waals surface area contributed by atoms with E-state index in [2.05, 4.69) is 20.3 Å². The lowest BCUT2D eigenvalue weighted by Gasteiger charge is -2.09. The third-order valence-corrected chi connectivity index (χ3v) is 4.65. The van der Waals surface area contributed by atoms with Crippen LogP contribution in [0.15, 0.2) is 60.9 Å². The number of hydrogen-bond acceptors (Lipinski definition) is 6. The van der Waals surface area contributed by atoms with E-state index in [0.717, 1.165) is 17.9 Å². The maximum Gasteiger partial charge on any atom is 0.227 e. The third-order valence-electron chi connectivity index (χ3n) is 4.65. The van der Waals surface area contributed by atoms with Crippen LogP contribution in [0.4, 0.5) is 5.69 Å². The predicted molar refractivity (Wildman–Crippen MR) is 114 cm³/mol. The molecule has 1 aliphatic carbocycles. The molecule has 2 aromatic heterocycles. The number of amides is 1. The van der Waals surface area contributed by atoms with E-state index < -0.39 is 0 Å². The zero-order valence-electron chi connectivity index (χ0n) is 17.4. The van der Waals surface area contributed by atoms with Crippen molar-refractivity contribution in [1.82, 2.24) is 15.0 Å². The SMILES string of the molecule is COc1cc(NC(=O)C2CC2COc2cnc(C)nc2C)ccn1.c1ccccc1. The Balaban J connectivity index is 0.000000367. The van der Waals surface area contributed by atoms with E-state index in [1.807, 2.05) is 50.2 Å². The van der Waals surface area contributed by atoms with Crippen LogP contribution in [-0.4, -0.2) is 34.6 Å². The normalized spacial score (nSPS) is 16.6. The summed E-state index contributed by atoms with van der Waals surface area (Å²) in [6.07, 6.45) is 4.10. The number of aryl methyl sites for hydroxylation is 2. The molecule has 3 aromatic rings. The van der Waals surface area contributed by atoms with Crippen LogP contribution >= 0.6 is 0 Å². The van der Waals surface area contributed by atoms with Gasteiger partial charge in [-0.1, -0.05) is 36.4 Å². The first-order valence-corrected chi connectivity index (χ1v) is 9.80. The Labute approximate surface area is 176 Å². The summed E-state index contributed by atoms with van der Waals surface area (Å²) >= 11 is 0. The Kier molecular flexibility index (Phi) is 7.32. The molecule has 0 radical (unpaired) electrons. The van der Waals surface area contributed by atoms with Gasteiger partial charge >= 0.3 is 0 Å². The van der Waals surface area contributed by atoms with Crippen LogP contribution < -0.4 is 14.8 Å². The summed E-state index contributed by atoms with van der Waals surface area (Å²) in [6, 6.07) is 15.4. The number of carbonyl (C=O) groups is 1. The van der Waals surface area contributed by atoms with Crippen molar-refractivity contribution in [2.24, 2.45) is 11.8 Å². The zero-order chi connectivity index (χ0) is 21.3. The quantitative estimate of drug-likeness (QED) is 0.669. The number of ether oxygens (including phenoxy) is 2. The maximum absolute atomic E-state index is 12.3. The molecule has 0 spiro atoms. The molecule has 1 aliphatic rings. The molecule has 1 saturated carbocycles. The molecule has 0 aliphatic heterocycles. The van der Waals surface area contributed by atoms with Crippen molar-refractivity contribution in [3.8, 4) is 11.6 Å². The van der Waals surface area contributed by atoms with Gasteiger partial charge in [0, 0.05) is 29.8 Å². The minimum absolute atomic E-state index is 0.00580. The topological polar surface area (TPSA) is 86.2 Å². The first-order valence-electron chi connectivity index (χ1n) is 9.80. The second-order valence-corrected chi connectivity index (χ2v) is 7.01. The number of methoxy groups -OCH3 is 1. The number of benzene rings is 1.